The Morgan fingerprint density at radius 2 is 1.60 bits per heavy atom. The zero-order chi connectivity index (χ0) is 15.4. The Hall–Kier alpha value is -2.44. The first kappa shape index (κ1) is 15.6. The molecule has 0 saturated heterocycles. The molecule has 0 heterocycles. The van der Waals surface area contributed by atoms with E-state index in [-0.39, 0.29) is 17.3 Å². The normalized spacial score (nSPS) is 16.4. The van der Waals surface area contributed by atoms with Crippen LogP contribution in [0.1, 0.15) is 20.8 Å². The molecule has 0 spiro atoms. The molecule has 1 aliphatic rings. The first-order valence-electron chi connectivity index (χ1n) is 6.01. The second kappa shape index (κ2) is 6.14. The topological polar surface area (TPSA) is 113 Å². The molecule has 0 fully saturated rings. The van der Waals surface area contributed by atoms with E-state index < -0.39 is 29.5 Å². The molecule has 0 unspecified atom stereocenters. The lowest BCUT2D eigenvalue weighted by Crippen LogP contribution is -2.43. The van der Waals surface area contributed by atoms with Gasteiger partial charge in [-0.05, 0) is 5.92 Å². The van der Waals surface area contributed by atoms with Crippen molar-refractivity contribution < 1.29 is 24.3 Å². The Balaban J connectivity index is 2.90. The molecule has 7 nitrogen and oxygen atoms in total. The number of hydrogen-bond donors (Lipinski definition) is 3. The van der Waals surface area contributed by atoms with Gasteiger partial charge in [0.05, 0.1) is 11.4 Å². The predicted octanol–water partition coefficient (Wildman–Crippen LogP) is -0.259. The lowest BCUT2D eigenvalue weighted by atomic mass is 10.0. The molecule has 1 rings (SSSR count). The minimum atomic E-state index is -1.11. The number of carbonyl (C=O) groups excluding carboxylic acids is 3. The van der Waals surface area contributed by atoms with Crippen molar-refractivity contribution in [2.24, 2.45) is 5.92 Å². The summed E-state index contributed by atoms with van der Waals surface area (Å²) in [5.41, 5.74) is -0.213. The lowest BCUT2D eigenvalue weighted by molar-refractivity contribution is -0.140. The first-order valence-corrected chi connectivity index (χ1v) is 6.01. The molecule has 0 radical (unpaired) electrons. The number of nitrogens with one attached hydrogen (secondary N) is 2. The predicted molar refractivity (Wildman–Crippen MR) is 69.4 cm³/mol. The minimum absolute atomic E-state index is 0.0924. The van der Waals surface area contributed by atoms with Gasteiger partial charge in [-0.2, -0.15) is 0 Å². The van der Waals surface area contributed by atoms with Crippen LogP contribution in [0.2, 0.25) is 0 Å². The third-order valence-electron chi connectivity index (χ3n) is 2.64. The van der Waals surface area contributed by atoms with Crippen LogP contribution in [0.15, 0.2) is 23.5 Å². The summed E-state index contributed by atoms with van der Waals surface area (Å²) in [5.74, 6) is -2.96. The summed E-state index contributed by atoms with van der Waals surface area (Å²) < 4.78 is 0. The molecule has 1 atom stereocenters. The number of carboxylic acid groups (broad SMARTS) is 1. The second-order valence-corrected chi connectivity index (χ2v) is 4.73. The third-order valence-corrected chi connectivity index (χ3v) is 2.64. The summed E-state index contributed by atoms with van der Waals surface area (Å²) in [5, 5.41) is 13.8. The van der Waals surface area contributed by atoms with E-state index in [9.17, 15) is 19.2 Å². The zero-order valence-corrected chi connectivity index (χ0v) is 11.4. The SMILES string of the molecule is CC(=O)NC1=CC(=O)C(N[C@H](C(=O)O)C(C)C)=CC1=O. The fraction of sp³-hybridized carbons (Fsp3) is 0.385. The summed E-state index contributed by atoms with van der Waals surface area (Å²) in [6, 6.07) is -0.978. The van der Waals surface area contributed by atoms with Crippen LogP contribution in [-0.4, -0.2) is 34.6 Å². The highest BCUT2D eigenvalue weighted by molar-refractivity contribution is 6.20. The second-order valence-electron chi connectivity index (χ2n) is 4.73. The van der Waals surface area contributed by atoms with E-state index in [2.05, 4.69) is 10.6 Å². The molecular formula is C13H16N2O5. The summed E-state index contributed by atoms with van der Waals surface area (Å²) in [4.78, 5) is 45.4. The molecule has 0 bridgehead atoms. The Labute approximate surface area is 115 Å². The van der Waals surface area contributed by atoms with Crippen molar-refractivity contribution in [3.63, 3.8) is 0 Å². The largest absolute Gasteiger partial charge is 0.480 e. The fourth-order valence-electron chi connectivity index (χ4n) is 1.64. The van der Waals surface area contributed by atoms with Gasteiger partial charge in [-0.25, -0.2) is 4.79 Å². The van der Waals surface area contributed by atoms with Gasteiger partial charge in [0.2, 0.25) is 17.5 Å². The minimum Gasteiger partial charge on any atom is -0.480 e. The Kier molecular flexibility index (Phi) is 4.79. The van der Waals surface area contributed by atoms with E-state index in [0.29, 0.717) is 0 Å². The number of rotatable bonds is 5. The van der Waals surface area contributed by atoms with Gasteiger partial charge in [0, 0.05) is 19.1 Å². The monoisotopic (exact) mass is 280 g/mol. The summed E-state index contributed by atoms with van der Waals surface area (Å²) in [6.07, 6.45) is 1.97. The molecule has 7 heteroatoms. The summed E-state index contributed by atoms with van der Waals surface area (Å²) >= 11 is 0. The van der Waals surface area contributed by atoms with Gasteiger partial charge in [0.15, 0.2) is 0 Å². The molecule has 0 aromatic rings. The molecule has 108 valence electrons. The number of carboxylic acids is 1. The van der Waals surface area contributed by atoms with E-state index in [4.69, 9.17) is 5.11 Å². The number of ketones is 2. The van der Waals surface area contributed by atoms with Crippen molar-refractivity contribution in [3.8, 4) is 0 Å². The van der Waals surface area contributed by atoms with Gasteiger partial charge >= 0.3 is 5.97 Å². The molecule has 0 saturated carbocycles. The van der Waals surface area contributed by atoms with Gasteiger partial charge in [-0.15, -0.1) is 0 Å². The maximum atomic E-state index is 11.8. The Morgan fingerprint density at radius 1 is 1.10 bits per heavy atom. The number of aliphatic carboxylic acids is 1. The maximum absolute atomic E-state index is 11.8. The van der Waals surface area contributed by atoms with E-state index >= 15 is 0 Å². The highest BCUT2D eigenvalue weighted by Crippen LogP contribution is 2.11. The van der Waals surface area contributed by atoms with Crippen molar-refractivity contribution in [1.82, 2.24) is 10.6 Å². The van der Waals surface area contributed by atoms with Crippen molar-refractivity contribution in [1.29, 1.82) is 0 Å². The van der Waals surface area contributed by atoms with Crippen LogP contribution in [0.4, 0.5) is 0 Å². The van der Waals surface area contributed by atoms with Crippen LogP contribution in [0, 0.1) is 5.92 Å². The number of allylic oxidation sites excluding steroid dienone is 2. The van der Waals surface area contributed by atoms with Crippen LogP contribution < -0.4 is 10.6 Å². The molecule has 20 heavy (non-hydrogen) atoms. The molecule has 3 N–H and O–H groups in total. The molecule has 0 aromatic heterocycles. The van der Waals surface area contributed by atoms with Gasteiger partial charge < -0.3 is 15.7 Å². The quantitative estimate of drug-likeness (QED) is 0.598. The van der Waals surface area contributed by atoms with Gasteiger partial charge in [-0.3, -0.25) is 14.4 Å². The molecular weight excluding hydrogens is 264 g/mol. The molecule has 0 aromatic carbocycles. The van der Waals surface area contributed by atoms with Crippen LogP contribution >= 0.6 is 0 Å². The summed E-state index contributed by atoms with van der Waals surface area (Å²) in [6.45, 7) is 4.58. The summed E-state index contributed by atoms with van der Waals surface area (Å²) in [7, 11) is 0. The van der Waals surface area contributed by atoms with Crippen LogP contribution in [0.3, 0.4) is 0 Å². The van der Waals surface area contributed by atoms with Crippen LogP contribution in [-0.2, 0) is 19.2 Å². The highest BCUT2D eigenvalue weighted by Gasteiger charge is 2.27. The van der Waals surface area contributed by atoms with Crippen LogP contribution in [0.25, 0.3) is 0 Å². The van der Waals surface area contributed by atoms with Gasteiger partial charge in [0.1, 0.15) is 6.04 Å². The standard InChI is InChI=1S/C13H16N2O5/c1-6(2)12(13(19)20)15-9-5-10(17)8(4-11(9)18)14-7(3)16/h4-6,12,15H,1-3H3,(H,14,16)(H,19,20)/t12-/m0/s1. The Morgan fingerprint density at radius 3 is 2.05 bits per heavy atom. The molecule has 1 aliphatic carbocycles. The number of hydrogen-bond acceptors (Lipinski definition) is 5. The van der Waals surface area contributed by atoms with Crippen molar-refractivity contribution in [2.75, 3.05) is 0 Å². The van der Waals surface area contributed by atoms with Gasteiger partial charge in [0.25, 0.3) is 0 Å². The number of amides is 1. The maximum Gasteiger partial charge on any atom is 0.326 e. The Bertz CT molecular complexity index is 531. The van der Waals surface area contributed by atoms with E-state index in [1.807, 2.05) is 0 Å². The third kappa shape index (κ3) is 3.78. The van der Waals surface area contributed by atoms with Crippen molar-refractivity contribution in [3.05, 3.63) is 23.5 Å². The number of carbonyl (C=O) groups is 4. The van der Waals surface area contributed by atoms with Crippen molar-refractivity contribution in [2.45, 2.75) is 26.8 Å². The average molecular weight is 280 g/mol. The fourth-order valence-corrected chi connectivity index (χ4v) is 1.64. The zero-order valence-electron chi connectivity index (χ0n) is 11.4. The highest BCUT2D eigenvalue weighted by atomic mass is 16.4. The smallest absolute Gasteiger partial charge is 0.326 e. The molecule has 1 amide bonds. The van der Waals surface area contributed by atoms with Gasteiger partial charge in [-0.1, -0.05) is 13.8 Å². The first-order chi connectivity index (χ1) is 9.22. The lowest BCUT2D eigenvalue weighted by Gasteiger charge is -2.21. The van der Waals surface area contributed by atoms with E-state index in [1.165, 1.54) is 6.92 Å². The average Bonchev–Trinajstić information content (AvgIpc) is 2.29. The van der Waals surface area contributed by atoms with E-state index in [0.717, 1.165) is 12.2 Å². The van der Waals surface area contributed by atoms with E-state index in [1.54, 1.807) is 13.8 Å². The van der Waals surface area contributed by atoms with Crippen LogP contribution in [0.5, 0.6) is 0 Å². The van der Waals surface area contributed by atoms with Crippen molar-refractivity contribution >= 4 is 23.4 Å². The molecule has 0 aliphatic heterocycles.